The summed E-state index contributed by atoms with van der Waals surface area (Å²) in [6.45, 7) is 7.41. The molecule has 0 aliphatic carbocycles. The van der Waals surface area contributed by atoms with Crippen molar-refractivity contribution in [3.05, 3.63) is 29.3 Å². The third kappa shape index (κ3) is 6.02. The van der Waals surface area contributed by atoms with Crippen LogP contribution < -0.4 is 15.8 Å². The molecule has 1 aliphatic rings. The maximum Gasteiger partial charge on any atom is 0.189 e. The van der Waals surface area contributed by atoms with Crippen LogP contribution in [-0.4, -0.2) is 45.5 Å². The Hall–Kier alpha value is -1.79. The summed E-state index contributed by atoms with van der Waals surface area (Å²) in [7, 11) is 1.66. The Morgan fingerprint density at radius 1 is 1.50 bits per heavy atom. The van der Waals surface area contributed by atoms with Crippen LogP contribution >= 0.6 is 0 Å². The fourth-order valence-electron chi connectivity index (χ4n) is 2.61. The van der Waals surface area contributed by atoms with Crippen LogP contribution in [0.15, 0.2) is 23.2 Å². The first-order valence-electron chi connectivity index (χ1n) is 8.44. The molecule has 1 aromatic carbocycles. The summed E-state index contributed by atoms with van der Waals surface area (Å²) >= 11 is 0. The zero-order chi connectivity index (χ0) is 17.4. The predicted molar refractivity (Wildman–Crippen MR) is 95.4 cm³/mol. The van der Waals surface area contributed by atoms with E-state index in [9.17, 15) is 0 Å². The van der Waals surface area contributed by atoms with Crippen LogP contribution in [0.25, 0.3) is 0 Å². The first kappa shape index (κ1) is 18.5. The number of hydrogen-bond acceptors (Lipinski definition) is 4. The molecule has 6 nitrogen and oxygen atoms in total. The van der Waals surface area contributed by atoms with Crippen molar-refractivity contribution in [3.8, 4) is 5.75 Å². The van der Waals surface area contributed by atoms with Crippen LogP contribution in [-0.2, 0) is 16.0 Å². The SMILES string of the molecule is COCC(C)NC(N)=NCc1ccc(C)cc1OCC1CCOC1. The summed E-state index contributed by atoms with van der Waals surface area (Å²) in [4.78, 5) is 4.41. The van der Waals surface area contributed by atoms with Crippen LogP contribution in [0.2, 0.25) is 0 Å². The van der Waals surface area contributed by atoms with Gasteiger partial charge in [-0.2, -0.15) is 0 Å². The normalized spacial score (nSPS) is 19.3. The van der Waals surface area contributed by atoms with Crippen molar-refractivity contribution in [2.45, 2.75) is 32.9 Å². The fourth-order valence-corrected chi connectivity index (χ4v) is 2.61. The van der Waals surface area contributed by atoms with Gasteiger partial charge in [0.1, 0.15) is 5.75 Å². The number of benzene rings is 1. The van der Waals surface area contributed by atoms with Crippen LogP contribution in [0.5, 0.6) is 5.75 Å². The van der Waals surface area contributed by atoms with E-state index in [1.807, 2.05) is 13.0 Å². The molecule has 2 atom stereocenters. The fraction of sp³-hybridized carbons (Fsp3) is 0.611. The number of ether oxygens (including phenoxy) is 3. The molecular formula is C18H29N3O3. The highest BCUT2D eigenvalue weighted by molar-refractivity contribution is 5.78. The van der Waals surface area contributed by atoms with E-state index in [0.29, 0.717) is 31.6 Å². The van der Waals surface area contributed by atoms with E-state index in [-0.39, 0.29) is 6.04 Å². The van der Waals surface area contributed by atoms with Crippen molar-refractivity contribution < 1.29 is 14.2 Å². The topological polar surface area (TPSA) is 78.1 Å². The average molecular weight is 335 g/mol. The van der Waals surface area contributed by atoms with Crippen molar-refractivity contribution >= 4 is 5.96 Å². The minimum atomic E-state index is 0.120. The summed E-state index contributed by atoms with van der Waals surface area (Å²) in [5, 5.41) is 3.10. The lowest BCUT2D eigenvalue weighted by Gasteiger charge is -2.15. The van der Waals surface area contributed by atoms with Gasteiger partial charge < -0.3 is 25.3 Å². The Balaban J connectivity index is 1.95. The van der Waals surface area contributed by atoms with Gasteiger partial charge >= 0.3 is 0 Å². The highest BCUT2D eigenvalue weighted by Gasteiger charge is 2.17. The zero-order valence-corrected chi connectivity index (χ0v) is 14.9. The van der Waals surface area contributed by atoms with Crippen molar-refractivity contribution in [2.24, 2.45) is 16.6 Å². The Labute approximate surface area is 144 Å². The molecule has 0 spiro atoms. The first-order valence-corrected chi connectivity index (χ1v) is 8.44. The molecule has 24 heavy (non-hydrogen) atoms. The number of rotatable bonds is 8. The molecule has 0 bridgehead atoms. The molecule has 0 saturated carbocycles. The molecule has 1 aromatic rings. The van der Waals surface area contributed by atoms with E-state index < -0.39 is 0 Å². The van der Waals surface area contributed by atoms with Gasteiger partial charge in [0, 0.05) is 31.2 Å². The molecule has 0 aromatic heterocycles. The van der Waals surface area contributed by atoms with Gasteiger partial charge in [-0.25, -0.2) is 4.99 Å². The molecule has 1 heterocycles. The van der Waals surface area contributed by atoms with Gasteiger partial charge in [0.15, 0.2) is 5.96 Å². The standard InChI is InChI=1S/C18H29N3O3/c1-13-4-5-16(9-20-18(19)21-14(2)10-22-3)17(8-13)24-12-15-6-7-23-11-15/h4-5,8,14-15H,6-7,9-12H2,1-3H3,(H3,19,20,21). The average Bonchev–Trinajstić information content (AvgIpc) is 3.05. The molecule has 1 saturated heterocycles. The van der Waals surface area contributed by atoms with E-state index >= 15 is 0 Å². The van der Waals surface area contributed by atoms with E-state index in [2.05, 4.69) is 29.4 Å². The quantitative estimate of drug-likeness (QED) is 0.560. The van der Waals surface area contributed by atoms with Gasteiger partial charge in [-0.05, 0) is 31.9 Å². The molecule has 0 radical (unpaired) electrons. The molecule has 3 N–H and O–H groups in total. The van der Waals surface area contributed by atoms with Crippen molar-refractivity contribution in [3.63, 3.8) is 0 Å². The number of hydrogen-bond donors (Lipinski definition) is 2. The Morgan fingerprint density at radius 2 is 2.33 bits per heavy atom. The summed E-state index contributed by atoms with van der Waals surface area (Å²) in [6, 6.07) is 6.28. The minimum Gasteiger partial charge on any atom is -0.493 e. The summed E-state index contributed by atoms with van der Waals surface area (Å²) in [5.41, 5.74) is 8.13. The van der Waals surface area contributed by atoms with Gasteiger partial charge in [0.2, 0.25) is 0 Å². The Morgan fingerprint density at radius 3 is 3.04 bits per heavy atom. The number of nitrogens with zero attached hydrogens (tertiary/aromatic N) is 1. The van der Waals surface area contributed by atoms with Gasteiger partial charge in [0.25, 0.3) is 0 Å². The van der Waals surface area contributed by atoms with Crippen LogP contribution in [0.3, 0.4) is 0 Å². The van der Waals surface area contributed by atoms with Gasteiger partial charge in [-0.1, -0.05) is 12.1 Å². The highest BCUT2D eigenvalue weighted by Crippen LogP contribution is 2.23. The molecule has 0 amide bonds. The Kier molecular flexibility index (Phi) is 7.34. The minimum absolute atomic E-state index is 0.120. The molecule has 2 rings (SSSR count). The predicted octanol–water partition coefficient (Wildman–Crippen LogP) is 1.85. The molecule has 134 valence electrons. The second-order valence-electron chi connectivity index (χ2n) is 6.35. The molecule has 2 unspecified atom stereocenters. The zero-order valence-electron chi connectivity index (χ0n) is 14.9. The lowest BCUT2D eigenvalue weighted by Crippen LogP contribution is -2.40. The van der Waals surface area contributed by atoms with Crippen molar-refractivity contribution in [2.75, 3.05) is 33.5 Å². The van der Waals surface area contributed by atoms with E-state index in [0.717, 1.165) is 30.9 Å². The van der Waals surface area contributed by atoms with Crippen LogP contribution in [0, 0.1) is 12.8 Å². The molecular weight excluding hydrogens is 306 g/mol. The van der Waals surface area contributed by atoms with Gasteiger partial charge in [0.05, 0.1) is 26.4 Å². The van der Waals surface area contributed by atoms with E-state index in [1.54, 1.807) is 7.11 Å². The second-order valence-corrected chi connectivity index (χ2v) is 6.35. The van der Waals surface area contributed by atoms with Crippen LogP contribution in [0.1, 0.15) is 24.5 Å². The summed E-state index contributed by atoms with van der Waals surface area (Å²) in [6.07, 6.45) is 1.06. The number of guanidine groups is 1. The maximum atomic E-state index is 6.02. The van der Waals surface area contributed by atoms with Gasteiger partial charge in [-0.3, -0.25) is 0 Å². The number of nitrogens with two attached hydrogens (primary N) is 1. The first-order chi connectivity index (χ1) is 11.6. The third-order valence-corrected chi connectivity index (χ3v) is 3.95. The monoisotopic (exact) mass is 335 g/mol. The molecule has 1 fully saturated rings. The molecule has 6 heteroatoms. The highest BCUT2D eigenvalue weighted by atomic mass is 16.5. The van der Waals surface area contributed by atoms with Crippen molar-refractivity contribution in [1.82, 2.24) is 5.32 Å². The number of methoxy groups -OCH3 is 1. The second kappa shape index (κ2) is 9.49. The van der Waals surface area contributed by atoms with Crippen LogP contribution in [0.4, 0.5) is 0 Å². The largest absolute Gasteiger partial charge is 0.493 e. The third-order valence-electron chi connectivity index (χ3n) is 3.95. The number of aryl methyl sites for hydroxylation is 1. The van der Waals surface area contributed by atoms with E-state index in [1.165, 1.54) is 5.56 Å². The smallest absolute Gasteiger partial charge is 0.189 e. The van der Waals surface area contributed by atoms with Gasteiger partial charge in [-0.15, -0.1) is 0 Å². The number of nitrogens with one attached hydrogen (secondary N) is 1. The molecule has 1 aliphatic heterocycles. The lowest BCUT2D eigenvalue weighted by atomic mass is 10.1. The maximum absolute atomic E-state index is 6.02. The number of aliphatic imine (C=N–C) groups is 1. The summed E-state index contributed by atoms with van der Waals surface area (Å²) < 4.78 is 16.5. The van der Waals surface area contributed by atoms with Crippen molar-refractivity contribution in [1.29, 1.82) is 0 Å². The lowest BCUT2D eigenvalue weighted by molar-refractivity contribution is 0.166. The Bertz CT molecular complexity index is 542. The summed E-state index contributed by atoms with van der Waals surface area (Å²) in [5.74, 6) is 1.77. The van der Waals surface area contributed by atoms with E-state index in [4.69, 9.17) is 19.9 Å².